The van der Waals surface area contributed by atoms with Gasteiger partial charge >= 0.3 is 0 Å². The van der Waals surface area contributed by atoms with Crippen LogP contribution in [0.15, 0.2) is 40.2 Å². The number of halogens is 1. The Balaban J connectivity index is 2.03. The van der Waals surface area contributed by atoms with Crippen molar-refractivity contribution in [2.24, 2.45) is 5.14 Å². The highest BCUT2D eigenvalue weighted by molar-refractivity contribution is 9.10. The van der Waals surface area contributed by atoms with Gasteiger partial charge in [-0.15, -0.1) is 11.3 Å². The first kappa shape index (κ1) is 14.3. The Morgan fingerprint density at radius 2 is 2.00 bits per heavy atom. The number of rotatable bonds is 5. The third-order valence-corrected chi connectivity index (χ3v) is 4.43. The monoisotopic (exact) mass is 361 g/mol. The summed E-state index contributed by atoms with van der Waals surface area (Å²) in [5.41, 5.74) is 1.25. The Kier molecular flexibility index (Phi) is 4.46. The van der Waals surface area contributed by atoms with E-state index < -0.39 is 10.2 Å². The van der Waals surface area contributed by atoms with E-state index in [-0.39, 0.29) is 0 Å². The number of anilines is 2. The summed E-state index contributed by atoms with van der Waals surface area (Å²) in [6.07, 6.45) is 0. The van der Waals surface area contributed by atoms with Gasteiger partial charge in [0.05, 0.1) is 5.69 Å². The Morgan fingerprint density at radius 1 is 1.26 bits per heavy atom. The van der Waals surface area contributed by atoms with Gasteiger partial charge in [-0.25, -0.2) is 5.14 Å². The van der Waals surface area contributed by atoms with Crippen LogP contribution in [-0.4, -0.2) is 8.42 Å². The predicted molar refractivity (Wildman–Crippen MR) is 82.5 cm³/mol. The number of nitrogens with one attached hydrogen (secondary N) is 2. The minimum absolute atomic E-state index is 0.430. The SMILES string of the molecule is NS(=O)(=O)Nc1cccc(NCc2cc(Br)cs2)c1. The molecule has 0 aliphatic rings. The van der Waals surface area contributed by atoms with Crippen LogP contribution < -0.4 is 15.2 Å². The molecule has 0 saturated carbocycles. The summed E-state index contributed by atoms with van der Waals surface area (Å²) in [6, 6.07) is 8.96. The Morgan fingerprint density at radius 3 is 2.63 bits per heavy atom. The van der Waals surface area contributed by atoms with Crippen LogP contribution in [-0.2, 0) is 16.8 Å². The molecular weight excluding hydrogens is 350 g/mol. The van der Waals surface area contributed by atoms with E-state index in [9.17, 15) is 8.42 Å². The van der Waals surface area contributed by atoms with Gasteiger partial charge in [0.15, 0.2) is 0 Å². The molecule has 0 spiro atoms. The molecule has 0 aliphatic heterocycles. The van der Waals surface area contributed by atoms with E-state index >= 15 is 0 Å². The van der Waals surface area contributed by atoms with Gasteiger partial charge in [-0.3, -0.25) is 4.72 Å². The van der Waals surface area contributed by atoms with Crippen molar-refractivity contribution in [1.29, 1.82) is 0 Å². The first-order valence-corrected chi connectivity index (χ1v) is 8.52. The number of hydrogen-bond acceptors (Lipinski definition) is 4. The molecule has 0 aliphatic carbocycles. The lowest BCUT2D eigenvalue weighted by atomic mass is 10.3. The van der Waals surface area contributed by atoms with Gasteiger partial charge in [-0.05, 0) is 40.2 Å². The summed E-state index contributed by atoms with van der Waals surface area (Å²) >= 11 is 5.04. The second kappa shape index (κ2) is 5.91. The van der Waals surface area contributed by atoms with Crippen molar-refractivity contribution in [2.75, 3.05) is 10.0 Å². The van der Waals surface area contributed by atoms with Crippen LogP contribution in [0.4, 0.5) is 11.4 Å². The van der Waals surface area contributed by atoms with E-state index in [0.717, 1.165) is 10.2 Å². The topological polar surface area (TPSA) is 84.2 Å². The highest BCUT2D eigenvalue weighted by Gasteiger charge is 2.03. The molecule has 8 heteroatoms. The predicted octanol–water partition coefficient (Wildman–Crippen LogP) is 2.74. The Labute approximate surface area is 124 Å². The number of benzene rings is 1. The second-order valence-electron chi connectivity index (χ2n) is 3.81. The van der Waals surface area contributed by atoms with Crippen molar-refractivity contribution in [3.63, 3.8) is 0 Å². The largest absolute Gasteiger partial charge is 0.380 e. The fraction of sp³-hybridized carbons (Fsp3) is 0.0909. The van der Waals surface area contributed by atoms with Gasteiger partial charge in [0.1, 0.15) is 0 Å². The fourth-order valence-corrected chi connectivity index (χ4v) is 3.34. The number of hydrogen-bond donors (Lipinski definition) is 3. The van der Waals surface area contributed by atoms with Crippen LogP contribution >= 0.6 is 27.3 Å². The van der Waals surface area contributed by atoms with Crippen molar-refractivity contribution >= 4 is 48.9 Å². The Bertz CT molecular complexity index is 670. The zero-order valence-electron chi connectivity index (χ0n) is 9.76. The van der Waals surface area contributed by atoms with Gasteiger partial charge in [-0.1, -0.05) is 6.07 Å². The maximum absolute atomic E-state index is 10.9. The van der Waals surface area contributed by atoms with Crippen molar-refractivity contribution in [3.05, 3.63) is 45.1 Å². The highest BCUT2D eigenvalue weighted by atomic mass is 79.9. The van der Waals surface area contributed by atoms with Crippen LogP contribution in [0.25, 0.3) is 0 Å². The van der Waals surface area contributed by atoms with Crippen LogP contribution in [0.1, 0.15) is 4.88 Å². The Hall–Kier alpha value is -1.09. The van der Waals surface area contributed by atoms with E-state index in [0.29, 0.717) is 12.2 Å². The molecule has 0 radical (unpaired) electrons. The lowest BCUT2D eigenvalue weighted by Gasteiger charge is -2.08. The third-order valence-electron chi connectivity index (χ3n) is 2.21. The standard InChI is InChI=1S/C11H12BrN3O2S2/c12-8-4-11(18-7-8)6-14-9-2-1-3-10(5-9)15-19(13,16)17/h1-5,7,14-15H,6H2,(H2,13,16,17). The maximum atomic E-state index is 10.9. The molecule has 2 rings (SSSR count). The van der Waals surface area contributed by atoms with Crippen LogP contribution in [0.3, 0.4) is 0 Å². The first-order valence-electron chi connectivity index (χ1n) is 5.30. The zero-order valence-corrected chi connectivity index (χ0v) is 13.0. The molecule has 1 aromatic carbocycles. The molecule has 0 saturated heterocycles. The summed E-state index contributed by atoms with van der Waals surface area (Å²) in [7, 11) is -3.74. The molecule has 1 aromatic heterocycles. The summed E-state index contributed by atoms with van der Waals surface area (Å²) in [5, 5.41) is 10.1. The van der Waals surface area contributed by atoms with Crippen LogP contribution in [0, 0.1) is 0 Å². The quantitative estimate of drug-likeness (QED) is 0.765. The summed E-state index contributed by atoms with van der Waals surface area (Å²) in [4.78, 5) is 1.18. The smallest absolute Gasteiger partial charge is 0.296 e. The van der Waals surface area contributed by atoms with Gasteiger partial charge in [0, 0.05) is 27.0 Å². The van der Waals surface area contributed by atoms with Gasteiger partial charge in [-0.2, -0.15) is 8.42 Å². The third kappa shape index (κ3) is 4.83. The summed E-state index contributed by atoms with van der Waals surface area (Å²) in [5.74, 6) is 0. The zero-order chi connectivity index (χ0) is 13.9. The first-order chi connectivity index (χ1) is 8.92. The minimum Gasteiger partial charge on any atom is -0.380 e. The average molecular weight is 362 g/mol. The molecular formula is C11H12BrN3O2S2. The normalized spacial score (nSPS) is 11.3. The van der Waals surface area contributed by atoms with Gasteiger partial charge < -0.3 is 5.32 Å². The van der Waals surface area contributed by atoms with Gasteiger partial charge in [0.25, 0.3) is 10.2 Å². The molecule has 1 heterocycles. The lowest BCUT2D eigenvalue weighted by Crippen LogP contribution is -2.21. The molecule has 0 unspecified atom stereocenters. The van der Waals surface area contributed by atoms with Crippen LogP contribution in [0.5, 0.6) is 0 Å². The molecule has 102 valence electrons. The maximum Gasteiger partial charge on any atom is 0.296 e. The molecule has 5 nitrogen and oxygen atoms in total. The molecule has 0 fully saturated rings. The number of thiophene rings is 1. The average Bonchev–Trinajstić information content (AvgIpc) is 2.71. The summed E-state index contributed by atoms with van der Waals surface area (Å²) < 4.78 is 25.2. The molecule has 2 aromatic rings. The van der Waals surface area contributed by atoms with E-state index in [1.54, 1.807) is 29.5 Å². The fourth-order valence-electron chi connectivity index (χ4n) is 1.49. The molecule has 0 bridgehead atoms. The lowest BCUT2D eigenvalue weighted by molar-refractivity contribution is 0.603. The van der Waals surface area contributed by atoms with Gasteiger partial charge in [0.2, 0.25) is 0 Å². The van der Waals surface area contributed by atoms with Crippen molar-refractivity contribution in [1.82, 2.24) is 0 Å². The molecule has 19 heavy (non-hydrogen) atoms. The van der Waals surface area contributed by atoms with Crippen molar-refractivity contribution in [3.8, 4) is 0 Å². The van der Waals surface area contributed by atoms with E-state index in [1.165, 1.54) is 4.88 Å². The van der Waals surface area contributed by atoms with E-state index in [1.807, 2.05) is 17.5 Å². The summed E-state index contributed by atoms with van der Waals surface area (Å²) in [6.45, 7) is 0.676. The van der Waals surface area contributed by atoms with Crippen LogP contribution in [0.2, 0.25) is 0 Å². The highest BCUT2D eigenvalue weighted by Crippen LogP contribution is 2.22. The second-order valence-corrected chi connectivity index (χ2v) is 7.02. The van der Waals surface area contributed by atoms with E-state index in [2.05, 4.69) is 26.0 Å². The molecule has 4 N–H and O–H groups in total. The van der Waals surface area contributed by atoms with Crippen molar-refractivity contribution < 1.29 is 8.42 Å². The molecule has 0 amide bonds. The van der Waals surface area contributed by atoms with Crippen molar-refractivity contribution in [2.45, 2.75) is 6.54 Å². The molecule has 0 atom stereocenters. The van der Waals surface area contributed by atoms with E-state index in [4.69, 9.17) is 5.14 Å². The number of nitrogens with two attached hydrogens (primary N) is 1. The minimum atomic E-state index is -3.74.